The van der Waals surface area contributed by atoms with Crippen LogP contribution in [-0.4, -0.2) is 33.3 Å². The fraction of sp³-hybridized carbons (Fsp3) is 0.450. The molecule has 7 heteroatoms. The van der Waals surface area contributed by atoms with Crippen molar-refractivity contribution in [3.63, 3.8) is 0 Å². The molecular formula is C20H30IN3O3. The lowest BCUT2D eigenvalue weighted by Crippen LogP contribution is -2.40. The van der Waals surface area contributed by atoms with Crippen molar-refractivity contribution in [2.75, 3.05) is 27.3 Å². The Labute approximate surface area is 178 Å². The number of furan rings is 1. The lowest BCUT2D eigenvalue weighted by molar-refractivity contribution is 0.394. The van der Waals surface area contributed by atoms with Gasteiger partial charge in [0.2, 0.25) is 0 Å². The normalized spacial score (nSPS) is 12.1. The zero-order chi connectivity index (χ0) is 18.8. The van der Waals surface area contributed by atoms with Crippen LogP contribution in [0.1, 0.15) is 37.6 Å². The maximum absolute atomic E-state index is 5.49. The molecule has 0 aliphatic carbocycles. The second-order valence-electron chi connectivity index (χ2n) is 5.96. The molecule has 1 aromatic carbocycles. The topological polar surface area (TPSA) is 68.0 Å². The van der Waals surface area contributed by atoms with E-state index in [9.17, 15) is 0 Å². The number of nitrogens with zero attached hydrogens (tertiary/aromatic N) is 1. The molecule has 0 bridgehead atoms. The van der Waals surface area contributed by atoms with E-state index in [-0.39, 0.29) is 30.0 Å². The number of ether oxygens (including phenoxy) is 2. The first-order valence-electron chi connectivity index (χ1n) is 8.97. The van der Waals surface area contributed by atoms with Gasteiger partial charge in [-0.3, -0.25) is 4.99 Å². The second-order valence-corrected chi connectivity index (χ2v) is 5.96. The van der Waals surface area contributed by atoms with Crippen molar-refractivity contribution in [3.05, 3.63) is 47.9 Å². The quantitative estimate of drug-likeness (QED) is 0.316. The van der Waals surface area contributed by atoms with Crippen LogP contribution >= 0.6 is 24.0 Å². The predicted octanol–water partition coefficient (Wildman–Crippen LogP) is 4.16. The van der Waals surface area contributed by atoms with Gasteiger partial charge >= 0.3 is 0 Å². The van der Waals surface area contributed by atoms with Gasteiger partial charge in [0.25, 0.3) is 0 Å². The minimum Gasteiger partial charge on any atom is -0.497 e. The fourth-order valence-electron chi connectivity index (χ4n) is 2.60. The number of halogens is 1. The number of benzene rings is 1. The molecule has 0 saturated carbocycles. The van der Waals surface area contributed by atoms with E-state index in [1.54, 1.807) is 20.5 Å². The van der Waals surface area contributed by atoms with Crippen LogP contribution in [0.4, 0.5) is 0 Å². The van der Waals surface area contributed by atoms with E-state index in [1.165, 1.54) is 0 Å². The van der Waals surface area contributed by atoms with Crippen LogP contribution in [0.2, 0.25) is 0 Å². The average Bonchev–Trinajstić information content (AvgIpc) is 3.18. The zero-order valence-corrected chi connectivity index (χ0v) is 18.8. The smallest absolute Gasteiger partial charge is 0.191 e. The highest BCUT2D eigenvalue weighted by Gasteiger charge is 2.14. The molecule has 0 spiro atoms. The highest BCUT2D eigenvalue weighted by atomic mass is 127. The minimum absolute atomic E-state index is 0. The van der Waals surface area contributed by atoms with Crippen LogP contribution in [0.15, 0.2) is 46.0 Å². The summed E-state index contributed by atoms with van der Waals surface area (Å²) in [6.45, 7) is 5.69. The maximum atomic E-state index is 5.49. The molecule has 2 rings (SSSR count). The van der Waals surface area contributed by atoms with E-state index >= 15 is 0 Å². The van der Waals surface area contributed by atoms with E-state index in [0.717, 1.165) is 54.7 Å². The highest BCUT2D eigenvalue weighted by Crippen LogP contribution is 2.29. The molecule has 27 heavy (non-hydrogen) atoms. The molecule has 0 aliphatic rings. The Hall–Kier alpha value is -1.90. The Morgan fingerprint density at radius 1 is 1.22 bits per heavy atom. The standard InChI is InChI=1S/C20H29N3O3.HI/c1-5-11-21-20(22-12-10-16-7-6-13-26-16)23-15(2)18-14-17(24-3)8-9-19(18)25-4;/h6-9,13-15H,5,10-12H2,1-4H3,(H2,21,22,23);1H. The number of rotatable bonds is 9. The van der Waals surface area contributed by atoms with Crippen LogP contribution < -0.4 is 20.1 Å². The third kappa shape index (κ3) is 7.32. The molecule has 2 aromatic rings. The number of aliphatic imine (C=N–C) groups is 1. The molecule has 1 atom stereocenters. The Bertz CT molecular complexity index is 690. The van der Waals surface area contributed by atoms with Crippen molar-refractivity contribution in [1.82, 2.24) is 10.6 Å². The maximum Gasteiger partial charge on any atom is 0.191 e. The molecule has 0 saturated heterocycles. The zero-order valence-electron chi connectivity index (χ0n) is 16.5. The summed E-state index contributed by atoms with van der Waals surface area (Å²) in [6.07, 6.45) is 3.48. The average molecular weight is 487 g/mol. The van der Waals surface area contributed by atoms with Gasteiger partial charge < -0.3 is 24.5 Å². The molecule has 6 nitrogen and oxygen atoms in total. The van der Waals surface area contributed by atoms with Crippen LogP contribution in [0.25, 0.3) is 0 Å². The third-order valence-electron chi connectivity index (χ3n) is 3.99. The van der Waals surface area contributed by atoms with Crippen molar-refractivity contribution < 1.29 is 13.9 Å². The predicted molar refractivity (Wildman–Crippen MR) is 120 cm³/mol. The van der Waals surface area contributed by atoms with Gasteiger partial charge in [0.05, 0.1) is 26.5 Å². The van der Waals surface area contributed by atoms with Crippen LogP contribution in [0, 0.1) is 0 Å². The van der Waals surface area contributed by atoms with Crippen molar-refractivity contribution in [2.24, 2.45) is 4.99 Å². The lowest BCUT2D eigenvalue weighted by atomic mass is 10.1. The number of hydrogen-bond acceptors (Lipinski definition) is 4. The summed E-state index contributed by atoms with van der Waals surface area (Å²) in [6, 6.07) is 9.67. The Morgan fingerprint density at radius 3 is 2.67 bits per heavy atom. The summed E-state index contributed by atoms with van der Waals surface area (Å²) in [5, 5.41) is 6.81. The van der Waals surface area contributed by atoms with Gasteiger partial charge in [0.1, 0.15) is 17.3 Å². The Kier molecular flexibility index (Phi) is 10.7. The van der Waals surface area contributed by atoms with Crippen molar-refractivity contribution in [1.29, 1.82) is 0 Å². The van der Waals surface area contributed by atoms with Gasteiger partial charge in [-0.25, -0.2) is 0 Å². The molecule has 2 N–H and O–H groups in total. The lowest BCUT2D eigenvalue weighted by Gasteiger charge is -2.21. The van der Waals surface area contributed by atoms with Gasteiger partial charge in [-0.05, 0) is 43.7 Å². The van der Waals surface area contributed by atoms with Gasteiger partial charge in [-0.15, -0.1) is 24.0 Å². The van der Waals surface area contributed by atoms with E-state index in [1.807, 2.05) is 30.3 Å². The first-order chi connectivity index (χ1) is 12.7. The second kappa shape index (κ2) is 12.5. The van der Waals surface area contributed by atoms with Gasteiger partial charge in [0, 0.05) is 25.1 Å². The van der Waals surface area contributed by atoms with Crippen molar-refractivity contribution in [3.8, 4) is 11.5 Å². The Morgan fingerprint density at radius 2 is 2.04 bits per heavy atom. The monoisotopic (exact) mass is 487 g/mol. The summed E-state index contributed by atoms with van der Waals surface area (Å²) >= 11 is 0. The van der Waals surface area contributed by atoms with Crippen LogP contribution in [-0.2, 0) is 6.42 Å². The Balaban J connectivity index is 0.00000364. The number of methoxy groups -OCH3 is 2. The summed E-state index contributed by atoms with van der Waals surface area (Å²) < 4.78 is 16.2. The van der Waals surface area contributed by atoms with Gasteiger partial charge in [-0.2, -0.15) is 0 Å². The van der Waals surface area contributed by atoms with Crippen LogP contribution in [0.5, 0.6) is 11.5 Å². The molecule has 0 aliphatic heterocycles. The first-order valence-corrected chi connectivity index (χ1v) is 8.97. The van der Waals surface area contributed by atoms with Crippen molar-refractivity contribution >= 4 is 29.9 Å². The first kappa shape index (κ1) is 23.1. The number of hydrogen-bond donors (Lipinski definition) is 2. The number of guanidine groups is 1. The molecule has 150 valence electrons. The molecule has 1 heterocycles. The van der Waals surface area contributed by atoms with Crippen LogP contribution in [0.3, 0.4) is 0 Å². The number of nitrogens with one attached hydrogen (secondary N) is 2. The summed E-state index contributed by atoms with van der Waals surface area (Å²) in [7, 11) is 3.33. The molecule has 1 unspecified atom stereocenters. The summed E-state index contributed by atoms with van der Waals surface area (Å²) in [5.74, 6) is 3.34. The molecule has 0 fully saturated rings. The van der Waals surface area contributed by atoms with E-state index in [2.05, 4.69) is 29.5 Å². The van der Waals surface area contributed by atoms with Gasteiger partial charge in [0.15, 0.2) is 5.96 Å². The molecular weight excluding hydrogens is 457 g/mol. The van der Waals surface area contributed by atoms with Gasteiger partial charge in [-0.1, -0.05) is 6.92 Å². The molecule has 1 aromatic heterocycles. The minimum atomic E-state index is 0. The third-order valence-corrected chi connectivity index (χ3v) is 3.99. The van der Waals surface area contributed by atoms with E-state index < -0.39 is 0 Å². The van der Waals surface area contributed by atoms with E-state index in [0.29, 0.717) is 0 Å². The van der Waals surface area contributed by atoms with E-state index in [4.69, 9.17) is 13.9 Å². The fourth-order valence-corrected chi connectivity index (χ4v) is 2.60. The largest absolute Gasteiger partial charge is 0.497 e. The summed E-state index contributed by atoms with van der Waals surface area (Å²) in [4.78, 5) is 4.62. The molecule has 0 radical (unpaired) electrons. The van der Waals surface area contributed by atoms with Crippen molar-refractivity contribution in [2.45, 2.75) is 32.7 Å². The SMILES string of the molecule is CCCN=C(NCCc1ccco1)NC(C)c1cc(OC)ccc1OC.I. The molecule has 0 amide bonds. The highest BCUT2D eigenvalue weighted by molar-refractivity contribution is 14.0. The summed E-state index contributed by atoms with van der Waals surface area (Å²) in [5.41, 5.74) is 1.02.